The minimum Gasteiger partial charge on any atom is -0.480 e. The Bertz CT molecular complexity index is 425. The van der Waals surface area contributed by atoms with Gasteiger partial charge in [0.05, 0.1) is 0 Å². The fourth-order valence-electron chi connectivity index (χ4n) is 2.57. The standard InChI is InChI=1S/C14H20N2O2/c1-10-5-11(2)7-12(6-10)9-16-4-3-15-8-13(16)14(17)18/h5-7,13,15H,3-4,8-9H2,1-2H3,(H,17,18). The SMILES string of the molecule is Cc1cc(C)cc(CN2CCNCC2C(=O)O)c1. The zero-order valence-corrected chi connectivity index (χ0v) is 10.9. The molecule has 0 spiro atoms. The number of hydrogen-bond donors (Lipinski definition) is 2. The van der Waals surface area contributed by atoms with Crippen molar-refractivity contribution in [2.24, 2.45) is 0 Å². The molecule has 0 saturated carbocycles. The molecule has 1 aliphatic heterocycles. The van der Waals surface area contributed by atoms with E-state index < -0.39 is 12.0 Å². The maximum Gasteiger partial charge on any atom is 0.322 e. The lowest BCUT2D eigenvalue weighted by Gasteiger charge is -2.33. The first-order valence-corrected chi connectivity index (χ1v) is 6.31. The van der Waals surface area contributed by atoms with E-state index in [1.807, 2.05) is 4.90 Å². The van der Waals surface area contributed by atoms with Crippen molar-refractivity contribution in [3.8, 4) is 0 Å². The van der Waals surface area contributed by atoms with Gasteiger partial charge >= 0.3 is 5.97 Å². The first-order valence-electron chi connectivity index (χ1n) is 6.31. The number of nitrogens with one attached hydrogen (secondary N) is 1. The number of carbonyl (C=O) groups is 1. The van der Waals surface area contributed by atoms with Crippen molar-refractivity contribution < 1.29 is 9.90 Å². The molecular weight excluding hydrogens is 228 g/mol. The van der Waals surface area contributed by atoms with Crippen LogP contribution >= 0.6 is 0 Å². The Morgan fingerprint density at radius 1 is 1.39 bits per heavy atom. The quantitative estimate of drug-likeness (QED) is 0.843. The highest BCUT2D eigenvalue weighted by Gasteiger charge is 2.28. The first kappa shape index (κ1) is 13.1. The molecule has 0 aromatic heterocycles. The maximum absolute atomic E-state index is 11.2. The maximum atomic E-state index is 11.2. The molecule has 1 aliphatic rings. The van der Waals surface area contributed by atoms with Gasteiger partial charge in [-0.15, -0.1) is 0 Å². The Labute approximate surface area is 108 Å². The molecule has 1 aromatic carbocycles. The van der Waals surface area contributed by atoms with Crippen molar-refractivity contribution in [1.82, 2.24) is 10.2 Å². The zero-order chi connectivity index (χ0) is 13.1. The van der Waals surface area contributed by atoms with Gasteiger partial charge < -0.3 is 10.4 Å². The second-order valence-corrected chi connectivity index (χ2v) is 5.02. The fourth-order valence-corrected chi connectivity index (χ4v) is 2.57. The Kier molecular flexibility index (Phi) is 3.99. The van der Waals surface area contributed by atoms with Crippen molar-refractivity contribution in [2.75, 3.05) is 19.6 Å². The number of piperazine rings is 1. The second-order valence-electron chi connectivity index (χ2n) is 5.02. The molecule has 1 fully saturated rings. The van der Waals surface area contributed by atoms with E-state index in [0.29, 0.717) is 13.1 Å². The summed E-state index contributed by atoms with van der Waals surface area (Å²) in [4.78, 5) is 13.2. The van der Waals surface area contributed by atoms with Gasteiger partial charge in [0.25, 0.3) is 0 Å². The van der Waals surface area contributed by atoms with Crippen LogP contribution in [0.15, 0.2) is 18.2 Å². The Morgan fingerprint density at radius 3 is 2.67 bits per heavy atom. The molecule has 4 nitrogen and oxygen atoms in total. The minimum atomic E-state index is -0.744. The van der Waals surface area contributed by atoms with Crippen LogP contribution in [0.5, 0.6) is 0 Å². The summed E-state index contributed by atoms with van der Waals surface area (Å²) in [6, 6.07) is 5.98. The third kappa shape index (κ3) is 3.09. The number of carboxylic acids is 1. The summed E-state index contributed by atoms with van der Waals surface area (Å²) >= 11 is 0. The molecule has 98 valence electrons. The molecule has 4 heteroatoms. The van der Waals surface area contributed by atoms with E-state index >= 15 is 0 Å². The van der Waals surface area contributed by atoms with E-state index in [1.165, 1.54) is 16.7 Å². The van der Waals surface area contributed by atoms with Crippen molar-refractivity contribution >= 4 is 5.97 Å². The highest BCUT2D eigenvalue weighted by atomic mass is 16.4. The van der Waals surface area contributed by atoms with Crippen LogP contribution in [-0.2, 0) is 11.3 Å². The van der Waals surface area contributed by atoms with Crippen LogP contribution < -0.4 is 5.32 Å². The number of nitrogens with zero attached hydrogens (tertiary/aromatic N) is 1. The molecule has 1 saturated heterocycles. The van der Waals surface area contributed by atoms with Gasteiger partial charge in [0.2, 0.25) is 0 Å². The zero-order valence-electron chi connectivity index (χ0n) is 10.9. The van der Waals surface area contributed by atoms with Crippen LogP contribution in [0.4, 0.5) is 0 Å². The van der Waals surface area contributed by atoms with E-state index in [4.69, 9.17) is 0 Å². The minimum absolute atomic E-state index is 0.417. The lowest BCUT2D eigenvalue weighted by molar-refractivity contribution is -0.144. The predicted molar refractivity (Wildman–Crippen MR) is 70.6 cm³/mol. The Morgan fingerprint density at radius 2 is 2.06 bits per heavy atom. The van der Waals surface area contributed by atoms with Crippen molar-refractivity contribution in [3.63, 3.8) is 0 Å². The third-order valence-electron chi connectivity index (χ3n) is 3.31. The normalized spacial score (nSPS) is 20.9. The monoisotopic (exact) mass is 248 g/mol. The molecule has 0 aliphatic carbocycles. The summed E-state index contributed by atoms with van der Waals surface area (Å²) in [5.41, 5.74) is 3.65. The summed E-state index contributed by atoms with van der Waals surface area (Å²) in [6.45, 7) is 7.02. The van der Waals surface area contributed by atoms with E-state index in [2.05, 4.69) is 37.4 Å². The van der Waals surface area contributed by atoms with Crippen LogP contribution in [0.25, 0.3) is 0 Å². The van der Waals surface area contributed by atoms with Crippen LogP contribution in [0.3, 0.4) is 0 Å². The summed E-state index contributed by atoms with van der Waals surface area (Å²) in [5, 5.41) is 12.3. The molecule has 2 rings (SSSR count). The summed E-state index contributed by atoms with van der Waals surface area (Å²) in [6.07, 6.45) is 0. The van der Waals surface area contributed by atoms with Gasteiger partial charge in [0, 0.05) is 26.2 Å². The van der Waals surface area contributed by atoms with Crippen molar-refractivity contribution in [1.29, 1.82) is 0 Å². The van der Waals surface area contributed by atoms with Gasteiger partial charge in [-0.25, -0.2) is 0 Å². The molecule has 1 heterocycles. The van der Waals surface area contributed by atoms with E-state index in [1.54, 1.807) is 0 Å². The van der Waals surface area contributed by atoms with Gasteiger partial charge in [-0.2, -0.15) is 0 Å². The molecule has 1 atom stereocenters. The topological polar surface area (TPSA) is 52.6 Å². The van der Waals surface area contributed by atoms with E-state index in [9.17, 15) is 9.90 Å². The molecule has 0 bridgehead atoms. The fraction of sp³-hybridized carbons (Fsp3) is 0.500. The summed E-state index contributed by atoms with van der Waals surface area (Å²) < 4.78 is 0. The largest absolute Gasteiger partial charge is 0.480 e. The van der Waals surface area contributed by atoms with Gasteiger partial charge in [-0.05, 0) is 19.4 Å². The van der Waals surface area contributed by atoms with Crippen LogP contribution in [0.1, 0.15) is 16.7 Å². The highest BCUT2D eigenvalue weighted by Crippen LogP contribution is 2.14. The molecule has 18 heavy (non-hydrogen) atoms. The van der Waals surface area contributed by atoms with Crippen molar-refractivity contribution in [3.05, 3.63) is 34.9 Å². The first-order chi connectivity index (χ1) is 8.56. The van der Waals surface area contributed by atoms with Gasteiger partial charge in [0.15, 0.2) is 0 Å². The number of aliphatic carboxylic acids is 1. The second kappa shape index (κ2) is 5.50. The van der Waals surface area contributed by atoms with E-state index in [0.717, 1.165) is 13.1 Å². The summed E-state index contributed by atoms with van der Waals surface area (Å²) in [5.74, 6) is -0.744. The number of rotatable bonds is 3. The number of carboxylic acid groups (broad SMARTS) is 1. The molecular formula is C14H20N2O2. The van der Waals surface area contributed by atoms with Crippen LogP contribution in [-0.4, -0.2) is 41.7 Å². The smallest absolute Gasteiger partial charge is 0.322 e. The average Bonchev–Trinajstić information content (AvgIpc) is 2.27. The van der Waals surface area contributed by atoms with Gasteiger partial charge in [0.1, 0.15) is 6.04 Å². The lowest BCUT2D eigenvalue weighted by atomic mass is 10.1. The average molecular weight is 248 g/mol. The van der Waals surface area contributed by atoms with Crippen LogP contribution in [0.2, 0.25) is 0 Å². The van der Waals surface area contributed by atoms with Crippen molar-refractivity contribution in [2.45, 2.75) is 26.4 Å². The number of benzene rings is 1. The lowest BCUT2D eigenvalue weighted by Crippen LogP contribution is -2.54. The molecule has 1 aromatic rings. The Balaban J connectivity index is 2.13. The molecule has 2 N–H and O–H groups in total. The molecule has 1 unspecified atom stereocenters. The predicted octanol–water partition coefficient (Wildman–Crippen LogP) is 1.16. The third-order valence-corrected chi connectivity index (χ3v) is 3.31. The highest BCUT2D eigenvalue weighted by molar-refractivity contribution is 5.74. The Hall–Kier alpha value is -1.39. The van der Waals surface area contributed by atoms with Gasteiger partial charge in [-0.3, -0.25) is 9.69 Å². The van der Waals surface area contributed by atoms with Gasteiger partial charge in [-0.1, -0.05) is 29.3 Å². The summed E-state index contributed by atoms with van der Waals surface area (Å²) in [7, 11) is 0. The number of hydrogen-bond acceptors (Lipinski definition) is 3. The van der Waals surface area contributed by atoms with E-state index in [-0.39, 0.29) is 0 Å². The number of aryl methyl sites for hydroxylation is 2. The molecule has 0 amide bonds. The molecule has 0 radical (unpaired) electrons. The van der Waals surface area contributed by atoms with Crippen LogP contribution in [0, 0.1) is 13.8 Å².